The van der Waals surface area contributed by atoms with Crippen molar-refractivity contribution < 1.29 is 23.1 Å². The van der Waals surface area contributed by atoms with Gasteiger partial charge in [-0.05, 0) is 44.9 Å². The third-order valence-corrected chi connectivity index (χ3v) is 10.6. The number of anilines is 2. The Labute approximate surface area is 226 Å². The molecule has 2 aromatic carbocycles. The van der Waals surface area contributed by atoms with Gasteiger partial charge in [0.15, 0.2) is 9.84 Å². The zero-order valence-electron chi connectivity index (χ0n) is 22.7. The summed E-state index contributed by atoms with van der Waals surface area (Å²) in [7, 11) is -2.06. The molecule has 0 atom stereocenters. The van der Waals surface area contributed by atoms with Crippen molar-refractivity contribution in [1.82, 2.24) is 0 Å². The van der Waals surface area contributed by atoms with Gasteiger partial charge in [-0.3, -0.25) is 4.79 Å². The minimum atomic E-state index is -3.63. The van der Waals surface area contributed by atoms with E-state index >= 15 is 0 Å². The number of carboxylic acids is 1. The Hall–Kier alpha value is -2.19. The lowest BCUT2D eigenvalue weighted by atomic mass is 9.79. The second-order valence-electron chi connectivity index (χ2n) is 10.6. The fourth-order valence-electron chi connectivity index (χ4n) is 4.99. The Morgan fingerprint density at radius 3 is 2.27 bits per heavy atom. The van der Waals surface area contributed by atoms with Crippen LogP contribution in [0.5, 0.6) is 5.75 Å². The highest BCUT2D eigenvalue weighted by Gasteiger charge is 2.42. The molecule has 0 aromatic heterocycles. The molecule has 0 radical (unpaired) electrons. The number of nitrogens with zero attached hydrogens (tertiary/aromatic N) is 1. The highest BCUT2D eigenvalue weighted by Crippen LogP contribution is 2.47. The molecule has 1 N–H and O–H groups in total. The summed E-state index contributed by atoms with van der Waals surface area (Å²) in [5.41, 5.74) is 1.90. The lowest BCUT2D eigenvalue weighted by molar-refractivity contribution is -0.138. The largest absolute Gasteiger partial charge is 0.496 e. The van der Waals surface area contributed by atoms with Crippen LogP contribution in [0.1, 0.15) is 71.8 Å². The molecule has 0 spiro atoms. The molecule has 0 saturated carbocycles. The Morgan fingerprint density at radius 2 is 1.73 bits per heavy atom. The van der Waals surface area contributed by atoms with Crippen molar-refractivity contribution in [2.45, 2.75) is 81.6 Å². The quantitative estimate of drug-likeness (QED) is 0.304. The van der Waals surface area contributed by atoms with Crippen molar-refractivity contribution in [2.24, 2.45) is 5.41 Å². The van der Waals surface area contributed by atoms with Gasteiger partial charge in [0.25, 0.3) is 0 Å². The minimum Gasteiger partial charge on any atom is -0.496 e. The van der Waals surface area contributed by atoms with Crippen molar-refractivity contribution in [3.63, 3.8) is 0 Å². The van der Waals surface area contributed by atoms with Crippen LogP contribution >= 0.6 is 11.8 Å². The van der Waals surface area contributed by atoms with Crippen LogP contribution in [-0.2, 0) is 20.4 Å². The van der Waals surface area contributed by atoms with Gasteiger partial charge in [-0.2, -0.15) is 0 Å². The van der Waals surface area contributed by atoms with Crippen LogP contribution in [0.3, 0.4) is 0 Å². The summed E-state index contributed by atoms with van der Waals surface area (Å²) in [6.45, 7) is 8.22. The molecule has 1 heterocycles. The highest BCUT2D eigenvalue weighted by atomic mass is 32.2. The molecule has 1 aliphatic heterocycles. The molecule has 2 aromatic rings. The van der Waals surface area contributed by atoms with E-state index in [-0.39, 0.29) is 11.2 Å². The van der Waals surface area contributed by atoms with Gasteiger partial charge in [0.1, 0.15) is 10.5 Å². The molecule has 0 bridgehead atoms. The normalized spacial score (nSPS) is 16.6. The van der Waals surface area contributed by atoms with E-state index in [0.717, 1.165) is 44.2 Å². The summed E-state index contributed by atoms with van der Waals surface area (Å²) in [5, 5.41) is 9.56. The van der Waals surface area contributed by atoms with Gasteiger partial charge in [0.2, 0.25) is 0 Å². The Bertz CT molecular complexity index is 1170. The summed E-state index contributed by atoms with van der Waals surface area (Å²) in [5.74, 6) is 0.0902. The lowest BCUT2D eigenvalue weighted by Gasteiger charge is -2.37. The van der Waals surface area contributed by atoms with E-state index in [0.29, 0.717) is 34.2 Å². The van der Waals surface area contributed by atoms with E-state index in [2.05, 4.69) is 18.7 Å². The first kappa shape index (κ1) is 29.4. The molecular formula is C29H41NO5S2. The molecule has 6 nitrogen and oxygen atoms in total. The van der Waals surface area contributed by atoms with Crippen LogP contribution in [0, 0.1) is 5.41 Å². The molecular weight excluding hydrogens is 506 g/mol. The maximum absolute atomic E-state index is 14.1. The topological polar surface area (TPSA) is 83.9 Å². The third kappa shape index (κ3) is 6.82. The van der Waals surface area contributed by atoms with E-state index in [1.165, 1.54) is 11.8 Å². The summed E-state index contributed by atoms with van der Waals surface area (Å²) in [6.07, 6.45) is 5.70. The lowest BCUT2D eigenvalue weighted by Crippen LogP contribution is -2.38. The van der Waals surface area contributed by atoms with Crippen molar-refractivity contribution in [3.05, 3.63) is 48.0 Å². The number of sulfone groups is 1. The molecule has 1 aliphatic rings. The average Bonchev–Trinajstić information content (AvgIpc) is 2.97. The van der Waals surface area contributed by atoms with Crippen LogP contribution in [-0.4, -0.2) is 43.6 Å². The monoisotopic (exact) mass is 547 g/mol. The highest BCUT2D eigenvalue weighted by molar-refractivity contribution is 8.00. The Balaban J connectivity index is 2.20. The summed E-state index contributed by atoms with van der Waals surface area (Å²) in [6, 6.07) is 13.5. The van der Waals surface area contributed by atoms with E-state index < -0.39 is 20.6 Å². The SMILES string of the molecule is CCCCC1(CCCC)CN(c2ccccc2)c2cc(OC)c(CSC(C)(C)C(=O)O)cc2S(=O)(=O)C1. The smallest absolute Gasteiger partial charge is 0.319 e. The van der Waals surface area contributed by atoms with Crippen LogP contribution in [0.2, 0.25) is 0 Å². The van der Waals surface area contributed by atoms with E-state index in [4.69, 9.17) is 4.74 Å². The Morgan fingerprint density at radius 1 is 1.11 bits per heavy atom. The van der Waals surface area contributed by atoms with Gasteiger partial charge >= 0.3 is 5.97 Å². The van der Waals surface area contributed by atoms with Crippen LogP contribution in [0.4, 0.5) is 11.4 Å². The van der Waals surface area contributed by atoms with Crippen LogP contribution in [0.15, 0.2) is 47.4 Å². The van der Waals surface area contributed by atoms with Gasteiger partial charge in [-0.25, -0.2) is 8.42 Å². The molecule has 0 fully saturated rings. The molecule has 37 heavy (non-hydrogen) atoms. The van der Waals surface area contributed by atoms with Crippen molar-refractivity contribution >= 4 is 38.9 Å². The predicted molar refractivity (Wildman–Crippen MR) is 153 cm³/mol. The molecule has 0 saturated heterocycles. The maximum atomic E-state index is 14.1. The molecule has 0 unspecified atom stereocenters. The number of methoxy groups -OCH3 is 1. The predicted octanol–water partition coefficient (Wildman–Crippen LogP) is 7.08. The van der Waals surface area contributed by atoms with Gasteiger partial charge in [-0.15, -0.1) is 11.8 Å². The number of hydrogen-bond donors (Lipinski definition) is 1. The third-order valence-electron chi connectivity index (χ3n) is 7.27. The standard InChI is InChI=1S/C29H41NO5S2/c1-6-8-15-29(16-9-7-2)20-30(23-13-11-10-12-14-23)24-18-25(35-5)22(17-26(24)37(33,34)21-29)19-36-28(3,4)27(31)32/h10-14,17-18H,6-9,15-16,19-21H2,1-5H3,(H,31,32). The number of thioether (sulfide) groups is 1. The fourth-order valence-corrected chi connectivity index (χ4v) is 8.01. The zero-order chi connectivity index (χ0) is 27.3. The molecule has 3 rings (SSSR count). The summed E-state index contributed by atoms with van der Waals surface area (Å²) < 4.78 is 32.9. The molecule has 0 amide bonds. The number of rotatable bonds is 12. The number of fused-ring (bicyclic) bond motifs is 1. The number of ether oxygens (including phenoxy) is 1. The second-order valence-corrected chi connectivity index (χ2v) is 14.2. The number of para-hydroxylation sites is 1. The number of aliphatic carboxylic acids is 1. The number of benzene rings is 2. The minimum absolute atomic E-state index is 0.107. The number of unbranched alkanes of at least 4 members (excludes halogenated alkanes) is 2. The van der Waals surface area contributed by atoms with Crippen molar-refractivity contribution in [3.8, 4) is 5.75 Å². The summed E-state index contributed by atoms with van der Waals surface area (Å²) >= 11 is 1.26. The molecule has 204 valence electrons. The maximum Gasteiger partial charge on any atom is 0.319 e. The fraction of sp³-hybridized carbons (Fsp3) is 0.552. The first-order valence-electron chi connectivity index (χ1n) is 13.1. The van der Waals surface area contributed by atoms with Crippen molar-refractivity contribution in [1.29, 1.82) is 0 Å². The first-order chi connectivity index (χ1) is 17.5. The Kier molecular flexibility index (Phi) is 9.62. The van der Waals surface area contributed by atoms with E-state index in [1.54, 1.807) is 27.0 Å². The van der Waals surface area contributed by atoms with Gasteiger partial charge in [0, 0.05) is 35.0 Å². The molecule has 8 heteroatoms. The van der Waals surface area contributed by atoms with Gasteiger partial charge in [0.05, 0.1) is 23.4 Å². The molecule has 0 aliphatic carbocycles. The summed E-state index contributed by atoms with van der Waals surface area (Å²) in [4.78, 5) is 14.1. The van der Waals surface area contributed by atoms with E-state index in [1.807, 2.05) is 36.4 Å². The zero-order valence-corrected chi connectivity index (χ0v) is 24.4. The number of hydrogen-bond acceptors (Lipinski definition) is 6. The second kappa shape index (κ2) is 12.1. The first-order valence-corrected chi connectivity index (χ1v) is 15.8. The van der Waals surface area contributed by atoms with Gasteiger partial charge < -0.3 is 14.7 Å². The van der Waals surface area contributed by atoms with Crippen LogP contribution in [0.25, 0.3) is 0 Å². The van der Waals surface area contributed by atoms with E-state index in [9.17, 15) is 18.3 Å². The number of carbonyl (C=O) groups is 1. The van der Waals surface area contributed by atoms with Gasteiger partial charge in [-0.1, -0.05) is 57.7 Å². The number of carboxylic acid groups (broad SMARTS) is 1. The average molecular weight is 548 g/mol. The van der Waals surface area contributed by atoms with Crippen LogP contribution < -0.4 is 9.64 Å². The van der Waals surface area contributed by atoms with Crippen molar-refractivity contribution in [2.75, 3.05) is 24.3 Å².